The van der Waals surface area contributed by atoms with Crippen molar-refractivity contribution in [2.75, 3.05) is 5.32 Å². The number of benzene rings is 1. The molecular formula is C14H14BrN3O2. The number of nitrogens with zero attached hydrogens (tertiary/aromatic N) is 2. The molecule has 0 aliphatic carbocycles. The second-order valence-electron chi connectivity index (χ2n) is 4.53. The third-order valence-electron chi connectivity index (χ3n) is 2.98. The van der Waals surface area contributed by atoms with Gasteiger partial charge in [-0.3, -0.25) is 10.1 Å². The lowest BCUT2D eigenvalue weighted by Crippen LogP contribution is -2.04. The molecule has 0 fully saturated rings. The SMILES string of the molecule is Cc1cccc(CNc2ncc([N+](=O)[O-])c(C)c2Br)c1. The van der Waals surface area contributed by atoms with E-state index >= 15 is 0 Å². The molecule has 2 rings (SSSR count). The molecule has 104 valence electrons. The van der Waals surface area contributed by atoms with Crippen molar-refractivity contribution >= 4 is 27.4 Å². The number of hydrogen-bond acceptors (Lipinski definition) is 4. The van der Waals surface area contributed by atoms with Crippen molar-refractivity contribution in [1.82, 2.24) is 4.98 Å². The van der Waals surface area contributed by atoms with Crippen molar-refractivity contribution in [2.24, 2.45) is 0 Å². The Morgan fingerprint density at radius 2 is 2.15 bits per heavy atom. The molecule has 1 N–H and O–H groups in total. The monoisotopic (exact) mass is 335 g/mol. The summed E-state index contributed by atoms with van der Waals surface area (Å²) in [5.74, 6) is 0.606. The van der Waals surface area contributed by atoms with Crippen molar-refractivity contribution in [2.45, 2.75) is 20.4 Å². The molecule has 0 aliphatic heterocycles. The zero-order valence-electron chi connectivity index (χ0n) is 11.2. The molecule has 0 amide bonds. The van der Waals surface area contributed by atoms with Gasteiger partial charge in [-0.15, -0.1) is 0 Å². The normalized spacial score (nSPS) is 10.3. The molecule has 1 aromatic heterocycles. The first-order valence-corrected chi connectivity index (χ1v) is 6.87. The van der Waals surface area contributed by atoms with Crippen molar-refractivity contribution in [3.8, 4) is 0 Å². The first-order chi connectivity index (χ1) is 9.49. The summed E-state index contributed by atoms with van der Waals surface area (Å²) in [5.41, 5.74) is 2.90. The highest BCUT2D eigenvalue weighted by Crippen LogP contribution is 2.30. The van der Waals surface area contributed by atoms with Gasteiger partial charge in [0.25, 0.3) is 5.69 Å². The summed E-state index contributed by atoms with van der Waals surface area (Å²) < 4.78 is 0.624. The Bertz CT molecular complexity index is 659. The number of anilines is 1. The average Bonchev–Trinajstić information content (AvgIpc) is 2.40. The molecule has 6 heteroatoms. The molecule has 20 heavy (non-hydrogen) atoms. The highest BCUT2D eigenvalue weighted by molar-refractivity contribution is 9.10. The first kappa shape index (κ1) is 14.5. The Balaban J connectivity index is 2.18. The number of aryl methyl sites for hydroxylation is 1. The second-order valence-corrected chi connectivity index (χ2v) is 5.32. The van der Waals surface area contributed by atoms with Gasteiger partial charge in [-0.25, -0.2) is 4.98 Å². The number of pyridine rings is 1. The van der Waals surface area contributed by atoms with E-state index in [0.717, 1.165) is 5.56 Å². The van der Waals surface area contributed by atoms with Gasteiger partial charge in [0.2, 0.25) is 0 Å². The molecule has 0 saturated carbocycles. The predicted molar refractivity (Wildman–Crippen MR) is 81.8 cm³/mol. The number of nitrogens with one attached hydrogen (secondary N) is 1. The average molecular weight is 336 g/mol. The lowest BCUT2D eigenvalue weighted by atomic mass is 10.1. The highest BCUT2D eigenvalue weighted by atomic mass is 79.9. The Morgan fingerprint density at radius 1 is 1.40 bits per heavy atom. The maximum Gasteiger partial charge on any atom is 0.291 e. The van der Waals surface area contributed by atoms with E-state index in [9.17, 15) is 10.1 Å². The van der Waals surface area contributed by atoms with E-state index in [4.69, 9.17) is 0 Å². The maximum atomic E-state index is 10.8. The molecule has 0 spiro atoms. The molecular weight excluding hydrogens is 322 g/mol. The summed E-state index contributed by atoms with van der Waals surface area (Å²) in [5, 5.41) is 14.0. The van der Waals surface area contributed by atoms with Gasteiger partial charge in [-0.05, 0) is 35.3 Å². The van der Waals surface area contributed by atoms with Gasteiger partial charge < -0.3 is 5.32 Å². The van der Waals surface area contributed by atoms with Crippen molar-refractivity contribution < 1.29 is 4.92 Å². The minimum atomic E-state index is -0.433. The number of halogens is 1. The molecule has 0 radical (unpaired) electrons. The van der Waals surface area contributed by atoms with Crippen LogP contribution in [0.25, 0.3) is 0 Å². The van der Waals surface area contributed by atoms with Gasteiger partial charge in [0.15, 0.2) is 0 Å². The molecule has 2 aromatic rings. The summed E-state index contributed by atoms with van der Waals surface area (Å²) in [6.07, 6.45) is 1.28. The van der Waals surface area contributed by atoms with Crippen LogP contribution in [-0.2, 0) is 6.54 Å². The minimum Gasteiger partial charge on any atom is -0.365 e. The molecule has 1 heterocycles. The fourth-order valence-electron chi connectivity index (χ4n) is 1.88. The van der Waals surface area contributed by atoms with Crippen LogP contribution in [0.2, 0.25) is 0 Å². The predicted octanol–water partition coefficient (Wildman–Crippen LogP) is 3.98. The number of nitro groups is 1. The van der Waals surface area contributed by atoms with E-state index < -0.39 is 4.92 Å². The van der Waals surface area contributed by atoms with Crippen LogP contribution in [0.15, 0.2) is 34.9 Å². The van der Waals surface area contributed by atoms with Crippen LogP contribution >= 0.6 is 15.9 Å². The molecule has 5 nitrogen and oxygen atoms in total. The van der Waals surface area contributed by atoms with Crippen LogP contribution in [-0.4, -0.2) is 9.91 Å². The Kier molecular flexibility index (Phi) is 4.34. The van der Waals surface area contributed by atoms with E-state index in [1.807, 2.05) is 25.1 Å². The smallest absolute Gasteiger partial charge is 0.291 e. The molecule has 1 aromatic carbocycles. The number of rotatable bonds is 4. The quantitative estimate of drug-likeness (QED) is 0.677. The Morgan fingerprint density at radius 3 is 2.80 bits per heavy atom. The third-order valence-corrected chi connectivity index (χ3v) is 3.95. The van der Waals surface area contributed by atoms with Gasteiger partial charge in [0, 0.05) is 12.1 Å². The van der Waals surface area contributed by atoms with Crippen molar-refractivity contribution in [3.63, 3.8) is 0 Å². The van der Waals surface area contributed by atoms with Gasteiger partial charge in [-0.2, -0.15) is 0 Å². The zero-order valence-corrected chi connectivity index (χ0v) is 12.8. The van der Waals surface area contributed by atoms with Crippen LogP contribution in [0.5, 0.6) is 0 Å². The molecule has 0 saturated heterocycles. The van der Waals surface area contributed by atoms with Crippen LogP contribution < -0.4 is 5.32 Å². The second kappa shape index (κ2) is 6.00. The standard InChI is InChI=1S/C14H14BrN3O2/c1-9-4-3-5-11(6-9)7-16-14-13(15)10(2)12(8-17-14)18(19)20/h3-6,8H,7H2,1-2H3,(H,16,17). The van der Waals surface area contributed by atoms with E-state index in [-0.39, 0.29) is 5.69 Å². The van der Waals surface area contributed by atoms with Crippen LogP contribution in [0, 0.1) is 24.0 Å². The van der Waals surface area contributed by atoms with Gasteiger partial charge in [0.1, 0.15) is 12.0 Å². The Labute approximate surface area is 125 Å². The first-order valence-electron chi connectivity index (χ1n) is 6.08. The summed E-state index contributed by atoms with van der Waals surface area (Å²) in [4.78, 5) is 14.5. The fourth-order valence-corrected chi connectivity index (χ4v) is 2.33. The minimum absolute atomic E-state index is 0.0120. The summed E-state index contributed by atoms with van der Waals surface area (Å²) in [7, 11) is 0. The van der Waals surface area contributed by atoms with E-state index in [2.05, 4.69) is 32.3 Å². The van der Waals surface area contributed by atoms with E-state index in [0.29, 0.717) is 22.4 Å². The molecule has 0 bridgehead atoms. The molecule has 0 aliphatic rings. The molecule has 0 atom stereocenters. The third kappa shape index (κ3) is 3.14. The van der Waals surface area contributed by atoms with Crippen molar-refractivity contribution in [1.29, 1.82) is 0 Å². The van der Waals surface area contributed by atoms with Gasteiger partial charge in [-0.1, -0.05) is 29.8 Å². The van der Waals surface area contributed by atoms with Crippen LogP contribution in [0.1, 0.15) is 16.7 Å². The largest absolute Gasteiger partial charge is 0.365 e. The summed E-state index contributed by atoms with van der Waals surface area (Å²) >= 11 is 3.36. The zero-order chi connectivity index (χ0) is 14.7. The topological polar surface area (TPSA) is 68.1 Å². The maximum absolute atomic E-state index is 10.8. The molecule has 0 unspecified atom stereocenters. The van der Waals surface area contributed by atoms with Gasteiger partial charge >= 0.3 is 0 Å². The number of aromatic nitrogens is 1. The van der Waals surface area contributed by atoms with Crippen LogP contribution in [0.3, 0.4) is 0 Å². The van der Waals surface area contributed by atoms with E-state index in [1.165, 1.54) is 11.8 Å². The summed E-state index contributed by atoms with van der Waals surface area (Å²) in [6.45, 7) is 4.35. The summed E-state index contributed by atoms with van der Waals surface area (Å²) in [6, 6.07) is 8.13. The fraction of sp³-hybridized carbons (Fsp3) is 0.214. The van der Waals surface area contributed by atoms with Crippen molar-refractivity contribution in [3.05, 3.63) is 61.7 Å². The lowest BCUT2D eigenvalue weighted by molar-refractivity contribution is -0.385. The van der Waals surface area contributed by atoms with Crippen LogP contribution in [0.4, 0.5) is 11.5 Å². The lowest BCUT2D eigenvalue weighted by Gasteiger charge is -2.10. The Hall–Kier alpha value is -1.95. The number of hydrogen-bond donors (Lipinski definition) is 1. The van der Waals surface area contributed by atoms with E-state index in [1.54, 1.807) is 6.92 Å². The highest BCUT2D eigenvalue weighted by Gasteiger charge is 2.16. The van der Waals surface area contributed by atoms with Gasteiger partial charge in [0.05, 0.1) is 9.40 Å².